The minimum Gasteiger partial charge on any atom is -0.468 e. The number of rotatable bonds is 12. The lowest BCUT2D eigenvalue weighted by atomic mass is 9.75. The van der Waals surface area contributed by atoms with Gasteiger partial charge in [0, 0.05) is 59.4 Å². The molecule has 48 heavy (non-hydrogen) atoms. The number of ether oxygens (including phenoxy) is 3. The van der Waals surface area contributed by atoms with E-state index in [0.29, 0.717) is 11.2 Å². The number of halogens is 2. The number of benzene rings is 2. The van der Waals surface area contributed by atoms with E-state index in [4.69, 9.17) is 37.4 Å². The number of aliphatic imine (C=N–C) groups is 1. The summed E-state index contributed by atoms with van der Waals surface area (Å²) in [6.45, 7) is 2.44. The van der Waals surface area contributed by atoms with Crippen molar-refractivity contribution in [2.45, 2.75) is 30.3 Å². The summed E-state index contributed by atoms with van der Waals surface area (Å²) in [7, 11) is 0.647. The third-order valence-corrected chi connectivity index (χ3v) is 10.0. The van der Waals surface area contributed by atoms with Crippen LogP contribution in [0.5, 0.6) is 0 Å². The van der Waals surface area contributed by atoms with Crippen molar-refractivity contribution in [1.82, 2.24) is 9.80 Å². The molecule has 0 spiro atoms. The first-order chi connectivity index (χ1) is 23.1. The predicted octanol–water partition coefficient (Wildman–Crippen LogP) is 3.22. The number of amides is 2. The van der Waals surface area contributed by atoms with Crippen molar-refractivity contribution in [3.63, 3.8) is 0 Å². The Bertz CT molecular complexity index is 1620. The molecule has 12 nitrogen and oxygen atoms in total. The molecule has 256 valence electrons. The molecule has 1 fully saturated rings. The molecule has 0 N–H and O–H groups in total. The Kier molecular flexibility index (Phi) is 13.0. The van der Waals surface area contributed by atoms with Gasteiger partial charge in [-0.25, -0.2) is 4.79 Å². The Morgan fingerprint density at radius 1 is 0.958 bits per heavy atom. The molecule has 4 rings (SSSR count). The maximum atomic E-state index is 13.8. The molecule has 0 aromatic heterocycles. The number of piperazine rings is 1. The summed E-state index contributed by atoms with van der Waals surface area (Å²) < 4.78 is 29.1. The molecule has 15 heteroatoms. The van der Waals surface area contributed by atoms with E-state index < -0.39 is 58.9 Å². The lowest BCUT2D eigenvalue weighted by Gasteiger charge is -2.36. The average Bonchev–Trinajstić information content (AvgIpc) is 3.10. The second-order valence-electron chi connectivity index (χ2n) is 10.8. The Morgan fingerprint density at radius 3 is 2.15 bits per heavy atom. The molecule has 2 aromatic carbocycles. The summed E-state index contributed by atoms with van der Waals surface area (Å²) in [6.07, 6.45) is -1.18. The molecule has 1 saturated heterocycles. The number of carbonyl (C=O) groups is 5. The molecule has 2 aliphatic rings. The Balaban J connectivity index is 1.77. The second-order valence-corrected chi connectivity index (χ2v) is 13.0. The van der Waals surface area contributed by atoms with Crippen LogP contribution in [0.4, 0.5) is 0 Å². The third-order valence-electron chi connectivity index (χ3n) is 8.02. The summed E-state index contributed by atoms with van der Waals surface area (Å²) >= 11 is 13.3. The van der Waals surface area contributed by atoms with E-state index >= 15 is 0 Å². The highest BCUT2D eigenvalue weighted by Gasteiger charge is 2.46. The lowest BCUT2D eigenvalue weighted by molar-refractivity contribution is -0.150. The molecule has 4 atom stereocenters. The van der Waals surface area contributed by atoms with Crippen LogP contribution in [0.2, 0.25) is 10.0 Å². The molecule has 2 amide bonds. The van der Waals surface area contributed by atoms with Crippen molar-refractivity contribution in [2.24, 2.45) is 10.9 Å². The highest BCUT2D eigenvalue weighted by atomic mass is 35.5. The molecule has 0 bridgehead atoms. The van der Waals surface area contributed by atoms with Crippen LogP contribution in [0.15, 0.2) is 69.7 Å². The minimum absolute atomic E-state index is 0.0103. The van der Waals surface area contributed by atoms with Crippen LogP contribution >= 0.6 is 23.2 Å². The van der Waals surface area contributed by atoms with E-state index in [1.165, 1.54) is 16.9 Å². The summed E-state index contributed by atoms with van der Waals surface area (Å²) in [5.74, 6) is -5.30. The predicted molar refractivity (Wildman–Crippen MR) is 178 cm³/mol. The zero-order valence-corrected chi connectivity index (χ0v) is 28.9. The van der Waals surface area contributed by atoms with Gasteiger partial charge in [-0.05, 0) is 36.8 Å². The molecule has 0 radical (unpaired) electrons. The normalized spacial score (nSPS) is 19.2. The molecule has 3 unspecified atom stereocenters. The van der Waals surface area contributed by atoms with E-state index in [9.17, 15) is 28.2 Å². The Labute approximate surface area is 290 Å². The fraction of sp³-hybridized carbons (Fsp3) is 0.394. The average molecular weight is 721 g/mol. The molecule has 0 saturated carbocycles. The number of hydrogen-bond acceptors (Lipinski definition) is 10. The summed E-state index contributed by atoms with van der Waals surface area (Å²) in [5.41, 5.74) is 0.186. The molecular weight excluding hydrogens is 685 g/mol. The smallest absolute Gasteiger partial charge is 0.336 e. The van der Waals surface area contributed by atoms with Gasteiger partial charge in [0.05, 0.1) is 48.5 Å². The largest absolute Gasteiger partial charge is 0.468 e. The van der Waals surface area contributed by atoms with Gasteiger partial charge >= 0.3 is 11.9 Å². The number of hydrogen-bond donors (Lipinski definition) is 0. The molecule has 0 aliphatic carbocycles. The van der Waals surface area contributed by atoms with E-state index in [1.54, 1.807) is 55.5 Å². The lowest BCUT2D eigenvalue weighted by Crippen LogP contribution is -2.53. The van der Waals surface area contributed by atoms with Crippen LogP contribution in [-0.4, -0.2) is 109 Å². The van der Waals surface area contributed by atoms with Crippen LogP contribution < -0.4 is 0 Å². The third kappa shape index (κ3) is 8.20. The topological polar surface area (TPSA) is 149 Å². The number of esters is 2. The SMILES string of the molecule is CCOC(C=O)C(=O)N1CCN(C(=O)CC2=C(C(=O)OC)[C@H](c3c(Cl)cccc3Cl)C(C(=O)OC)C(CS(=O)c3ccccc3)=N2)CC1. The summed E-state index contributed by atoms with van der Waals surface area (Å²) in [5, 5.41) is 0.278. The van der Waals surface area contributed by atoms with Gasteiger partial charge in [-0.3, -0.25) is 28.4 Å². The van der Waals surface area contributed by atoms with Crippen molar-refractivity contribution in [2.75, 3.05) is 52.8 Å². The molecule has 2 aromatic rings. The fourth-order valence-electron chi connectivity index (χ4n) is 5.72. The summed E-state index contributed by atoms with van der Waals surface area (Å²) in [6, 6.07) is 13.3. The first-order valence-corrected chi connectivity index (χ1v) is 17.1. The van der Waals surface area contributed by atoms with E-state index in [0.717, 1.165) is 7.11 Å². The molecule has 2 aliphatic heterocycles. The van der Waals surface area contributed by atoms with Crippen LogP contribution in [0, 0.1) is 5.92 Å². The van der Waals surface area contributed by atoms with Gasteiger partial charge in [-0.1, -0.05) is 47.5 Å². The Hall–Kier alpha value is -3.91. The first-order valence-electron chi connectivity index (χ1n) is 15.0. The van der Waals surface area contributed by atoms with Gasteiger partial charge in [0.15, 0.2) is 12.4 Å². The van der Waals surface area contributed by atoms with Crippen molar-refractivity contribution in [1.29, 1.82) is 0 Å². The molecular formula is C33H35Cl2N3O9S. The van der Waals surface area contributed by atoms with Crippen LogP contribution in [0.3, 0.4) is 0 Å². The maximum Gasteiger partial charge on any atom is 0.336 e. The zero-order chi connectivity index (χ0) is 35.0. The van der Waals surface area contributed by atoms with Crippen LogP contribution in [0.25, 0.3) is 0 Å². The number of carbonyl (C=O) groups excluding carboxylic acids is 5. The zero-order valence-electron chi connectivity index (χ0n) is 26.6. The molecule has 2 heterocycles. The Morgan fingerprint density at radius 2 is 1.58 bits per heavy atom. The minimum atomic E-state index is -1.68. The van der Waals surface area contributed by atoms with Crippen LogP contribution in [0.1, 0.15) is 24.8 Å². The van der Waals surface area contributed by atoms with Crippen molar-refractivity contribution >= 4 is 69.8 Å². The van der Waals surface area contributed by atoms with Gasteiger partial charge in [0.1, 0.15) is 5.92 Å². The van der Waals surface area contributed by atoms with Gasteiger partial charge in [-0.2, -0.15) is 0 Å². The monoisotopic (exact) mass is 719 g/mol. The maximum absolute atomic E-state index is 13.8. The van der Waals surface area contributed by atoms with Crippen molar-refractivity contribution in [3.05, 3.63) is 75.4 Å². The fourth-order valence-corrected chi connectivity index (χ4v) is 7.49. The number of methoxy groups -OCH3 is 2. The van der Waals surface area contributed by atoms with Gasteiger partial charge in [0.2, 0.25) is 5.91 Å². The van der Waals surface area contributed by atoms with Gasteiger partial charge in [0.25, 0.3) is 5.91 Å². The van der Waals surface area contributed by atoms with Crippen molar-refractivity contribution in [3.8, 4) is 0 Å². The van der Waals surface area contributed by atoms with E-state index in [-0.39, 0.29) is 71.1 Å². The first kappa shape index (κ1) is 36.9. The second kappa shape index (κ2) is 17.0. The van der Waals surface area contributed by atoms with E-state index in [2.05, 4.69) is 4.99 Å². The number of aldehydes is 1. The van der Waals surface area contributed by atoms with Gasteiger partial charge in [-0.15, -0.1) is 0 Å². The van der Waals surface area contributed by atoms with E-state index in [1.807, 2.05) is 0 Å². The number of nitrogens with zero attached hydrogens (tertiary/aromatic N) is 3. The summed E-state index contributed by atoms with van der Waals surface area (Å²) in [4.78, 5) is 73.0. The standard InChI is InChI=1S/C33H35Cl2N3O9S/c1-4-47-25(18-39)31(41)38-15-13-37(14-16-38)26(40)17-23-28(32(42)45-2)30(27-21(34)11-8-12-22(27)35)29(33(43)46-3)24(36-23)19-48(44)20-9-6-5-7-10-20/h5-12,18,25,29-30H,4,13-17,19H2,1-3H3/t25?,29?,30-,48?/m0/s1. The quantitative estimate of drug-likeness (QED) is 0.183. The van der Waals surface area contributed by atoms with Gasteiger partial charge < -0.3 is 24.0 Å². The van der Waals surface area contributed by atoms with Crippen LogP contribution in [-0.2, 0) is 49.0 Å². The highest BCUT2D eigenvalue weighted by Crippen LogP contribution is 2.46. The van der Waals surface area contributed by atoms with Crippen molar-refractivity contribution < 1.29 is 42.4 Å². The highest BCUT2D eigenvalue weighted by molar-refractivity contribution is 7.85.